The van der Waals surface area contributed by atoms with Crippen molar-refractivity contribution in [3.8, 4) is 5.75 Å². The van der Waals surface area contributed by atoms with Gasteiger partial charge in [-0.1, -0.05) is 12.1 Å². The van der Waals surface area contributed by atoms with Gasteiger partial charge in [-0.3, -0.25) is 0 Å². The third-order valence-corrected chi connectivity index (χ3v) is 3.38. The molecule has 100 valence electrons. The zero-order chi connectivity index (χ0) is 14.0. The molecule has 0 aliphatic rings. The molecular formula is C15H17NO3. The van der Waals surface area contributed by atoms with Gasteiger partial charge in [0, 0.05) is 12.7 Å². The summed E-state index contributed by atoms with van der Waals surface area (Å²) >= 11 is 0. The van der Waals surface area contributed by atoms with Crippen LogP contribution in [0.25, 0.3) is 10.8 Å². The first-order chi connectivity index (χ1) is 9.02. The van der Waals surface area contributed by atoms with Crippen molar-refractivity contribution in [3.63, 3.8) is 0 Å². The number of carbonyl (C=O) groups is 1. The number of hydrogen-bond acceptors (Lipinski definition) is 3. The van der Waals surface area contributed by atoms with Crippen molar-refractivity contribution in [1.29, 1.82) is 0 Å². The van der Waals surface area contributed by atoms with Crippen molar-refractivity contribution in [2.45, 2.75) is 13.0 Å². The second kappa shape index (κ2) is 5.18. The Morgan fingerprint density at radius 2 is 1.84 bits per heavy atom. The lowest BCUT2D eigenvalue weighted by atomic mass is 10.1. The molecule has 1 unspecified atom stereocenters. The Hall–Kier alpha value is -2.23. The minimum Gasteiger partial charge on any atom is -0.497 e. The molecule has 0 bridgehead atoms. The van der Waals surface area contributed by atoms with Gasteiger partial charge >= 0.3 is 5.97 Å². The molecule has 1 N–H and O–H groups in total. The lowest BCUT2D eigenvalue weighted by Crippen LogP contribution is -2.35. The van der Waals surface area contributed by atoms with Crippen molar-refractivity contribution in [2.24, 2.45) is 0 Å². The van der Waals surface area contributed by atoms with Gasteiger partial charge in [0.05, 0.1) is 7.11 Å². The van der Waals surface area contributed by atoms with E-state index in [-0.39, 0.29) is 0 Å². The number of rotatable bonds is 4. The number of aliphatic carboxylic acids is 1. The predicted molar refractivity (Wildman–Crippen MR) is 76.0 cm³/mol. The van der Waals surface area contributed by atoms with Crippen LogP contribution < -0.4 is 9.64 Å². The number of carboxylic acids is 1. The van der Waals surface area contributed by atoms with Crippen molar-refractivity contribution in [3.05, 3.63) is 36.4 Å². The van der Waals surface area contributed by atoms with Crippen LogP contribution in [0, 0.1) is 0 Å². The van der Waals surface area contributed by atoms with Crippen molar-refractivity contribution >= 4 is 22.4 Å². The maximum absolute atomic E-state index is 11.0. The highest BCUT2D eigenvalue weighted by atomic mass is 16.5. The topological polar surface area (TPSA) is 49.8 Å². The summed E-state index contributed by atoms with van der Waals surface area (Å²) in [6.07, 6.45) is 0. The third-order valence-electron chi connectivity index (χ3n) is 3.38. The molecule has 0 amide bonds. The Bertz CT molecular complexity index is 609. The number of fused-ring (bicyclic) bond motifs is 1. The second-order valence-corrected chi connectivity index (χ2v) is 4.52. The summed E-state index contributed by atoms with van der Waals surface area (Å²) in [5.41, 5.74) is 0.882. The van der Waals surface area contributed by atoms with Crippen LogP contribution in [0.4, 0.5) is 5.69 Å². The number of anilines is 1. The number of hydrogen-bond donors (Lipinski definition) is 1. The maximum atomic E-state index is 11.0. The second-order valence-electron chi connectivity index (χ2n) is 4.52. The highest BCUT2D eigenvalue weighted by Crippen LogP contribution is 2.25. The minimum atomic E-state index is -0.836. The molecule has 4 nitrogen and oxygen atoms in total. The summed E-state index contributed by atoms with van der Waals surface area (Å²) in [6, 6.07) is 11.1. The molecule has 19 heavy (non-hydrogen) atoms. The van der Waals surface area contributed by atoms with E-state index in [2.05, 4.69) is 0 Å². The Morgan fingerprint density at radius 1 is 1.21 bits per heavy atom. The van der Waals surface area contributed by atoms with Crippen LogP contribution in [0.3, 0.4) is 0 Å². The van der Waals surface area contributed by atoms with E-state index < -0.39 is 12.0 Å². The van der Waals surface area contributed by atoms with Crippen LogP contribution >= 0.6 is 0 Å². The third kappa shape index (κ3) is 2.62. The largest absolute Gasteiger partial charge is 0.497 e. The monoisotopic (exact) mass is 259 g/mol. The smallest absolute Gasteiger partial charge is 0.326 e. The molecule has 0 heterocycles. The Labute approximate surface area is 112 Å². The van der Waals surface area contributed by atoms with Crippen LogP contribution in [0.1, 0.15) is 6.92 Å². The van der Waals surface area contributed by atoms with Crippen LogP contribution in [-0.2, 0) is 4.79 Å². The Balaban J connectivity index is 2.39. The van der Waals surface area contributed by atoms with E-state index in [0.29, 0.717) is 0 Å². The lowest BCUT2D eigenvalue weighted by molar-refractivity contribution is -0.138. The molecule has 0 saturated heterocycles. The summed E-state index contributed by atoms with van der Waals surface area (Å²) < 4.78 is 5.18. The van der Waals surface area contributed by atoms with E-state index in [1.54, 1.807) is 26.0 Å². The molecule has 0 radical (unpaired) electrons. The van der Waals surface area contributed by atoms with Crippen molar-refractivity contribution < 1.29 is 14.6 Å². The van der Waals surface area contributed by atoms with Gasteiger partial charge in [-0.15, -0.1) is 0 Å². The number of methoxy groups -OCH3 is 1. The summed E-state index contributed by atoms with van der Waals surface area (Å²) in [5, 5.41) is 11.2. The molecule has 0 fully saturated rings. The average molecular weight is 259 g/mol. The fourth-order valence-corrected chi connectivity index (χ4v) is 1.95. The van der Waals surface area contributed by atoms with Gasteiger partial charge in [0.1, 0.15) is 11.8 Å². The molecule has 2 rings (SSSR count). The number of likely N-dealkylation sites (N-methyl/N-ethyl adjacent to an activating group) is 1. The molecule has 0 aromatic heterocycles. The maximum Gasteiger partial charge on any atom is 0.326 e. The van der Waals surface area contributed by atoms with Gasteiger partial charge in [0.2, 0.25) is 0 Å². The SMILES string of the molecule is COc1ccc2cc(N(C)C(C)C(=O)O)ccc2c1. The summed E-state index contributed by atoms with van der Waals surface area (Å²) in [5.74, 6) is -0.0233. The van der Waals surface area contributed by atoms with E-state index in [4.69, 9.17) is 9.84 Å². The molecule has 0 saturated carbocycles. The first-order valence-electron chi connectivity index (χ1n) is 6.06. The standard InChI is InChI=1S/C15H17NO3/c1-10(15(17)18)16(2)13-6-4-12-9-14(19-3)7-5-11(12)8-13/h4-10H,1-3H3,(H,17,18). The van der Waals surface area contributed by atoms with E-state index >= 15 is 0 Å². The van der Waals surface area contributed by atoms with Crippen molar-refractivity contribution in [2.75, 3.05) is 19.1 Å². The quantitative estimate of drug-likeness (QED) is 0.917. The summed E-state index contributed by atoms with van der Waals surface area (Å²) in [7, 11) is 3.42. The van der Waals surface area contributed by atoms with Gasteiger partial charge in [0.25, 0.3) is 0 Å². The van der Waals surface area contributed by atoms with Crippen molar-refractivity contribution in [1.82, 2.24) is 0 Å². The fraction of sp³-hybridized carbons (Fsp3) is 0.267. The number of ether oxygens (including phenoxy) is 1. The molecule has 0 aliphatic heterocycles. The lowest BCUT2D eigenvalue weighted by Gasteiger charge is -2.24. The van der Waals surface area contributed by atoms with E-state index in [1.807, 2.05) is 36.4 Å². The van der Waals surface area contributed by atoms with Crippen LogP contribution in [0.15, 0.2) is 36.4 Å². The Morgan fingerprint density at radius 3 is 2.47 bits per heavy atom. The average Bonchev–Trinajstić information content (AvgIpc) is 2.44. The van der Waals surface area contributed by atoms with E-state index in [1.165, 1.54) is 0 Å². The normalized spacial score (nSPS) is 12.2. The van der Waals surface area contributed by atoms with Crippen LogP contribution in [0.2, 0.25) is 0 Å². The highest BCUT2D eigenvalue weighted by Gasteiger charge is 2.17. The van der Waals surface area contributed by atoms with Gasteiger partial charge in [-0.25, -0.2) is 4.79 Å². The zero-order valence-corrected chi connectivity index (χ0v) is 11.3. The van der Waals surface area contributed by atoms with Crippen LogP contribution in [-0.4, -0.2) is 31.3 Å². The predicted octanol–water partition coefficient (Wildman–Crippen LogP) is 2.76. The minimum absolute atomic E-state index is 0.560. The van der Waals surface area contributed by atoms with Gasteiger partial charge < -0.3 is 14.7 Å². The van der Waals surface area contributed by atoms with Gasteiger partial charge in [-0.05, 0) is 42.0 Å². The molecule has 0 spiro atoms. The highest BCUT2D eigenvalue weighted by molar-refractivity contribution is 5.88. The van der Waals surface area contributed by atoms with Crippen LogP contribution in [0.5, 0.6) is 5.75 Å². The first-order valence-corrected chi connectivity index (χ1v) is 6.06. The van der Waals surface area contributed by atoms with Gasteiger partial charge in [-0.2, -0.15) is 0 Å². The molecule has 1 atom stereocenters. The van der Waals surface area contributed by atoms with E-state index in [9.17, 15) is 4.79 Å². The first kappa shape index (κ1) is 13.2. The fourth-order valence-electron chi connectivity index (χ4n) is 1.95. The van der Waals surface area contributed by atoms with E-state index in [0.717, 1.165) is 22.2 Å². The number of benzene rings is 2. The zero-order valence-electron chi connectivity index (χ0n) is 11.3. The molecule has 4 heteroatoms. The van der Waals surface area contributed by atoms with Gasteiger partial charge in [0.15, 0.2) is 0 Å². The Kier molecular flexibility index (Phi) is 3.60. The molecule has 0 aliphatic carbocycles. The molecular weight excluding hydrogens is 242 g/mol. The number of nitrogens with zero attached hydrogens (tertiary/aromatic N) is 1. The molecule has 2 aromatic rings. The summed E-state index contributed by atoms with van der Waals surface area (Å²) in [4.78, 5) is 12.7. The number of carboxylic acid groups (broad SMARTS) is 1. The summed E-state index contributed by atoms with van der Waals surface area (Å²) in [6.45, 7) is 1.67. The molecule has 2 aromatic carbocycles.